The lowest BCUT2D eigenvalue weighted by Crippen LogP contribution is -2.33. The maximum absolute atomic E-state index is 13.3. The average molecular weight is 317 g/mol. The van der Waals surface area contributed by atoms with Gasteiger partial charge in [0, 0.05) is 0 Å². The topological polar surface area (TPSA) is 63.6 Å². The van der Waals surface area contributed by atoms with Gasteiger partial charge in [0.15, 0.2) is 5.92 Å². The highest BCUT2D eigenvalue weighted by atomic mass is 35.5. The standard InChI is InChI=1S/C15H18ClFO4/c1-15(2,3)21-14(20)10(13(18)19)6-4-9-5-7-11(16)12(17)8-9/h5,7-8,10H,4,6H2,1-3H3,(H,18,19)/t10-/m0/s1. The van der Waals surface area contributed by atoms with E-state index in [0.29, 0.717) is 5.56 Å². The molecular formula is C15H18ClFO4. The van der Waals surface area contributed by atoms with E-state index in [9.17, 15) is 14.0 Å². The van der Waals surface area contributed by atoms with Crippen molar-refractivity contribution in [3.63, 3.8) is 0 Å². The summed E-state index contributed by atoms with van der Waals surface area (Å²) in [6, 6.07) is 4.23. The van der Waals surface area contributed by atoms with Crippen LogP contribution in [0.25, 0.3) is 0 Å². The van der Waals surface area contributed by atoms with E-state index in [4.69, 9.17) is 21.4 Å². The molecule has 0 radical (unpaired) electrons. The number of benzene rings is 1. The molecule has 0 heterocycles. The minimum absolute atomic E-state index is 0.000627. The largest absolute Gasteiger partial charge is 0.481 e. The molecule has 1 N–H and O–H groups in total. The lowest BCUT2D eigenvalue weighted by Gasteiger charge is -2.22. The molecule has 0 aliphatic heterocycles. The van der Waals surface area contributed by atoms with E-state index in [2.05, 4.69) is 0 Å². The Morgan fingerprint density at radius 1 is 1.38 bits per heavy atom. The van der Waals surface area contributed by atoms with E-state index in [1.54, 1.807) is 26.8 Å². The average Bonchev–Trinajstić information content (AvgIpc) is 2.31. The molecule has 0 spiro atoms. The van der Waals surface area contributed by atoms with Gasteiger partial charge in [0.25, 0.3) is 0 Å². The summed E-state index contributed by atoms with van der Waals surface area (Å²) in [5, 5.41) is 9.12. The predicted octanol–water partition coefficient (Wildman–Crippen LogP) is 3.45. The third-order valence-corrected chi connectivity index (χ3v) is 3.00. The molecule has 21 heavy (non-hydrogen) atoms. The minimum Gasteiger partial charge on any atom is -0.481 e. The molecule has 4 nitrogen and oxygen atoms in total. The van der Waals surface area contributed by atoms with E-state index < -0.39 is 29.3 Å². The van der Waals surface area contributed by atoms with Crippen LogP contribution < -0.4 is 0 Å². The molecule has 0 bridgehead atoms. The number of aryl methyl sites for hydroxylation is 1. The van der Waals surface area contributed by atoms with E-state index >= 15 is 0 Å². The molecule has 0 aliphatic carbocycles. The normalized spacial score (nSPS) is 12.8. The van der Waals surface area contributed by atoms with Gasteiger partial charge in [-0.3, -0.25) is 9.59 Å². The van der Waals surface area contributed by atoms with Crippen molar-refractivity contribution in [3.8, 4) is 0 Å². The smallest absolute Gasteiger partial charge is 0.320 e. The van der Waals surface area contributed by atoms with E-state index in [-0.39, 0.29) is 17.9 Å². The van der Waals surface area contributed by atoms with E-state index in [1.165, 1.54) is 12.1 Å². The van der Waals surface area contributed by atoms with E-state index in [1.807, 2.05) is 0 Å². The summed E-state index contributed by atoms with van der Waals surface area (Å²) < 4.78 is 18.4. The SMILES string of the molecule is CC(C)(C)OC(=O)[C@@H](CCc1ccc(Cl)c(F)c1)C(=O)O. The molecular weight excluding hydrogens is 299 g/mol. The number of carboxylic acids is 1. The number of hydrogen-bond donors (Lipinski definition) is 1. The van der Waals surface area contributed by atoms with Gasteiger partial charge >= 0.3 is 11.9 Å². The van der Waals surface area contributed by atoms with Gasteiger partial charge in [0.05, 0.1) is 5.02 Å². The summed E-state index contributed by atoms with van der Waals surface area (Å²) in [5.41, 5.74) is -0.177. The Kier molecular flexibility index (Phi) is 5.72. The van der Waals surface area contributed by atoms with Crippen molar-refractivity contribution >= 4 is 23.5 Å². The van der Waals surface area contributed by atoms with Crippen LogP contribution in [0, 0.1) is 11.7 Å². The van der Waals surface area contributed by atoms with Crippen LogP contribution in [0.1, 0.15) is 32.8 Å². The molecule has 1 rings (SSSR count). The van der Waals surface area contributed by atoms with Crippen LogP contribution in [-0.2, 0) is 20.7 Å². The lowest BCUT2D eigenvalue weighted by molar-refractivity contribution is -0.167. The second-order valence-corrected chi connectivity index (χ2v) is 6.12. The first-order valence-electron chi connectivity index (χ1n) is 6.50. The van der Waals surface area contributed by atoms with Gasteiger partial charge in [-0.25, -0.2) is 4.39 Å². The number of carbonyl (C=O) groups excluding carboxylic acids is 1. The van der Waals surface area contributed by atoms with Gasteiger partial charge in [-0.1, -0.05) is 17.7 Å². The van der Waals surface area contributed by atoms with Crippen molar-refractivity contribution in [2.45, 2.75) is 39.2 Å². The zero-order valence-corrected chi connectivity index (χ0v) is 12.9. The molecule has 0 saturated heterocycles. The van der Waals surface area contributed by atoms with Gasteiger partial charge in [0.2, 0.25) is 0 Å². The molecule has 0 aromatic heterocycles. The van der Waals surface area contributed by atoms with Crippen molar-refractivity contribution < 1.29 is 23.8 Å². The number of carboxylic acid groups (broad SMARTS) is 1. The molecule has 6 heteroatoms. The van der Waals surface area contributed by atoms with Gasteiger partial charge in [0.1, 0.15) is 11.4 Å². The fraction of sp³-hybridized carbons (Fsp3) is 0.467. The number of rotatable bonds is 5. The van der Waals surface area contributed by atoms with Crippen LogP contribution in [0.15, 0.2) is 18.2 Å². The fourth-order valence-electron chi connectivity index (χ4n) is 1.72. The van der Waals surface area contributed by atoms with Crippen LogP contribution in [-0.4, -0.2) is 22.6 Å². The van der Waals surface area contributed by atoms with Crippen molar-refractivity contribution in [2.24, 2.45) is 5.92 Å². The molecule has 0 saturated carbocycles. The number of hydrogen-bond acceptors (Lipinski definition) is 3. The number of aliphatic carboxylic acids is 1. The maximum atomic E-state index is 13.3. The Hall–Kier alpha value is -1.62. The number of ether oxygens (including phenoxy) is 1. The second-order valence-electron chi connectivity index (χ2n) is 5.71. The molecule has 0 unspecified atom stereocenters. The molecule has 1 aromatic carbocycles. The second kappa shape index (κ2) is 6.89. The van der Waals surface area contributed by atoms with Gasteiger partial charge in [-0.05, 0) is 51.3 Å². The van der Waals surface area contributed by atoms with Crippen molar-refractivity contribution in [1.29, 1.82) is 0 Å². The van der Waals surface area contributed by atoms with Crippen LogP contribution in [0.4, 0.5) is 4.39 Å². The fourth-order valence-corrected chi connectivity index (χ4v) is 1.84. The summed E-state index contributed by atoms with van der Waals surface area (Å²) >= 11 is 5.57. The highest BCUT2D eigenvalue weighted by molar-refractivity contribution is 6.30. The van der Waals surface area contributed by atoms with Gasteiger partial charge in [-0.2, -0.15) is 0 Å². The zero-order chi connectivity index (χ0) is 16.2. The third-order valence-electron chi connectivity index (χ3n) is 2.70. The number of esters is 1. The van der Waals surface area contributed by atoms with E-state index in [0.717, 1.165) is 0 Å². The van der Waals surface area contributed by atoms with Crippen LogP contribution in [0.3, 0.4) is 0 Å². The molecule has 0 aliphatic rings. The molecule has 116 valence electrons. The number of carbonyl (C=O) groups is 2. The Morgan fingerprint density at radius 3 is 2.48 bits per heavy atom. The highest BCUT2D eigenvalue weighted by Gasteiger charge is 2.30. The Bertz CT molecular complexity index is 537. The van der Waals surface area contributed by atoms with Crippen molar-refractivity contribution in [1.82, 2.24) is 0 Å². The van der Waals surface area contributed by atoms with Crippen LogP contribution in [0.5, 0.6) is 0 Å². The Morgan fingerprint density at radius 2 is 2.00 bits per heavy atom. The first-order chi connectivity index (χ1) is 9.60. The summed E-state index contributed by atoms with van der Waals surface area (Å²) in [6.07, 6.45) is 0.273. The molecule has 1 atom stereocenters. The zero-order valence-electron chi connectivity index (χ0n) is 12.2. The lowest BCUT2D eigenvalue weighted by atomic mass is 9.99. The summed E-state index contributed by atoms with van der Waals surface area (Å²) in [4.78, 5) is 23.0. The summed E-state index contributed by atoms with van der Waals surface area (Å²) in [7, 11) is 0. The minimum atomic E-state index is -1.28. The van der Waals surface area contributed by atoms with Crippen molar-refractivity contribution in [3.05, 3.63) is 34.6 Å². The maximum Gasteiger partial charge on any atom is 0.320 e. The summed E-state index contributed by atoms with van der Waals surface area (Å²) in [6.45, 7) is 5.00. The highest BCUT2D eigenvalue weighted by Crippen LogP contribution is 2.20. The van der Waals surface area contributed by atoms with Crippen LogP contribution in [0.2, 0.25) is 5.02 Å². The molecule has 0 fully saturated rings. The molecule has 0 amide bonds. The van der Waals surface area contributed by atoms with Gasteiger partial charge < -0.3 is 9.84 Å². The first kappa shape index (κ1) is 17.4. The van der Waals surface area contributed by atoms with Crippen molar-refractivity contribution in [2.75, 3.05) is 0 Å². The third kappa shape index (κ3) is 5.71. The first-order valence-corrected chi connectivity index (χ1v) is 6.87. The van der Waals surface area contributed by atoms with Gasteiger partial charge in [-0.15, -0.1) is 0 Å². The van der Waals surface area contributed by atoms with Crippen LogP contribution >= 0.6 is 11.6 Å². The Labute approximate surface area is 127 Å². The molecule has 1 aromatic rings. The Balaban J connectivity index is 2.73. The number of halogens is 2. The predicted molar refractivity (Wildman–Crippen MR) is 76.7 cm³/mol. The quantitative estimate of drug-likeness (QED) is 0.667. The monoisotopic (exact) mass is 316 g/mol. The summed E-state index contributed by atoms with van der Waals surface area (Å²) in [5.74, 6) is -3.88.